The molecule has 0 bridgehead atoms. The molecule has 3 N–H and O–H groups in total. The molecule has 0 saturated carbocycles. The number of halogens is 2. The van der Waals surface area contributed by atoms with Crippen molar-refractivity contribution < 1.29 is 9.50 Å². The second-order valence-corrected chi connectivity index (χ2v) is 2.49. The topological polar surface area (TPSA) is 46.2 Å². The van der Waals surface area contributed by atoms with Crippen LogP contribution in [-0.2, 0) is 0 Å². The SMILES string of the molecule is C[C@H](N)c1cc(F)ccc1O.Cl. The summed E-state index contributed by atoms with van der Waals surface area (Å²) in [6.07, 6.45) is 0. The van der Waals surface area contributed by atoms with Crippen LogP contribution in [0, 0.1) is 5.82 Å². The number of phenols is 1. The summed E-state index contributed by atoms with van der Waals surface area (Å²) < 4.78 is 12.5. The maximum absolute atomic E-state index is 12.5. The molecular formula is C8H11ClFNO. The Balaban J connectivity index is 0.00000121. The Bertz CT molecular complexity index is 265. The van der Waals surface area contributed by atoms with E-state index in [2.05, 4.69) is 0 Å². The zero-order chi connectivity index (χ0) is 8.43. The molecule has 0 heterocycles. The zero-order valence-corrected chi connectivity index (χ0v) is 7.44. The van der Waals surface area contributed by atoms with Gasteiger partial charge < -0.3 is 10.8 Å². The molecule has 1 aromatic rings. The van der Waals surface area contributed by atoms with Gasteiger partial charge in [-0.15, -0.1) is 12.4 Å². The van der Waals surface area contributed by atoms with E-state index in [0.29, 0.717) is 5.56 Å². The Kier molecular flexibility index (Phi) is 4.00. The molecule has 1 aromatic carbocycles. The van der Waals surface area contributed by atoms with Gasteiger partial charge in [-0.05, 0) is 25.1 Å². The predicted molar refractivity (Wildman–Crippen MR) is 47.9 cm³/mol. The Hall–Kier alpha value is -0.800. The molecule has 0 radical (unpaired) electrons. The van der Waals surface area contributed by atoms with Crippen LogP contribution in [0.25, 0.3) is 0 Å². The van der Waals surface area contributed by atoms with Crippen LogP contribution in [0.4, 0.5) is 4.39 Å². The van der Waals surface area contributed by atoms with Crippen molar-refractivity contribution in [2.45, 2.75) is 13.0 Å². The summed E-state index contributed by atoms with van der Waals surface area (Å²) in [5, 5.41) is 9.16. The molecule has 12 heavy (non-hydrogen) atoms. The van der Waals surface area contributed by atoms with Gasteiger partial charge in [-0.2, -0.15) is 0 Å². The van der Waals surface area contributed by atoms with Crippen molar-refractivity contribution in [1.29, 1.82) is 0 Å². The number of hydrogen-bond donors (Lipinski definition) is 2. The lowest BCUT2D eigenvalue weighted by atomic mass is 10.1. The van der Waals surface area contributed by atoms with E-state index in [4.69, 9.17) is 10.8 Å². The smallest absolute Gasteiger partial charge is 0.123 e. The average Bonchev–Trinajstić information content (AvgIpc) is 1.94. The Morgan fingerprint density at radius 2 is 2.08 bits per heavy atom. The van der Waals surface area contributed by atoms with Crippen molar-refractivity contribution in [1.82, 2.24) is 0 Å². The summed E-state index contributed by atoms with van der Waals surface area (Å²) in [6.45, 7) is 1.69. The molecule has 0 unspecified atom stereocenters. The molecule has 2 nitrogen and oxygen atoms in total. The van der Waals surface area contributed by atoms with Gasteiger partial charge in [0.05, 0.1) is 0 Å². The fourth-order valence-corrected chi connectivity index (χ4v) is 0.890. The molecule has 1 atom stereocenters. The van der Waals surface area contributed by atoms with Crippen LogP contribution in [-0.4, -0.2) is 5.11 Å². The average molecular weight is 192 g/mol. The van der Waals surface area contributed by atoms with Crippen LogP contribution >= 0.6 is 12.4 Å². The van der Waals surface area contributed by atoms with Crippen LogP contribution in [0.2, 0.25) is 0 Å². The third-order valence-electron chi connectivity index (χ3n) is 1.48. The van der Waals surface area contributed by atoms with E-state index in [-0.39, 0.29) is 30.0 Å². The second kappa shape index (κ2) is 4.28. The highest BCUT2D eigenvalue weighted by molar-refractivity contribution is 5.85. The number of rotatable bonds is 1. The minimum atomic E-state index is -0.380. The summed E-state index contributed by atoms with van der Waals surface area (Å²) in [7, 11) is 0. The largest absolute Gasteiger partial charge is 0.508 e. The molecule has 1 rings (SSSR count). The fraction of sp³-hybridized carbons (Fsp3) is 0.250. The monoisotopic (exact) mass is 191 g/mol. The molecule has 0 aromatic heterocycles. The predicted octanol–water partition coefficient (Wildman–Crippen LogP) is 1.97. The summed E-state index contributed by atoms with van der Waals surface area (Å²) in [5.41, 5.74) is 5.89. The Morgan fingerprint density at radius 3 is 2.50 bits per heavy atom. The van der Waals surface area contributed by atoms with E-state index in [1.807, 2.05) is 0 Å². The maximum atomic E-state index is 12.5. The Morgan fingerprint density at radius 1 is 1.50 bits per heavy atom. The molecule has 4 heteroatoms. The standard InChI is InChI=1S/C8H10FNO.ClH/c1-5(10)7-4-6(9)2-3-8(7)11;/h2-5,11H,10H2,1H3;1H/t5-;/m0./s1. The summed E-state index contributed by atoms with van der Waals surface area (Å²) >= 11 is 0. The van der Waals surface area contributed by atoms with Gasteiger partial charge in [0.1, 0.15) is 11.6 Å². The minimum Gasteiger partial charge on any atom is -0.508 e. The number of hydrogen-bond acceptors (Lipinski definition) is 2. The van der Waals surface area contributed by atoms with E-state index in [0.717, 1.165) is 0 Å². The summed E-state index contributed by atoms with van der Waals surface area (Å²) in [4.78, 5) is 0. The van der Waals surface area contributed by atoms with Crippen LogP contribution in [0.15, 0.2) is 18.2 Å². The molecular weight excluding hydrogens is 181 g/mol. The van der Waals surface area contributed by atoms with E-state index in [1.54, 1.807) is 6.92 Å². The Labute approximate surface area is 76.6 Å². The molecule has 0 amide bonds. The lowest BCUT2D eigenvalue weighted by Crippen LogP contribution is -2.05. The van der Waals surface area contributed by atoms with Gasteiger partial charge in [0, 0.05) is 11.6 Å². The summed E-state index contributed by atoms with van der Waals surface area (Å²) in [5.74, 6) is -0.337. The van der Waals surface area contributed by atoms with Crippen molar-refractivity contribution in [3.8, 4) is 5.75 Å². The maximum Gasteiger partial charge on any atom is 0.123 e. The van der Waals surface area contributed by atoms with Gasteiger partial charge in [-0.25, -0.2) is 4.39 Å². The van der Waals surface area contributed by atoms with Gasteiger partial charge in [0.2, 0.25) is 0 Å². The first-order valence-electron chi connectivity index (χ1n) is 3.35. The highest BCUT2D eigenvalue weighted by Gasteiger charge is 2.05. The molecule has 68 valence electrons. The van der Waals surface area contributed by atoms with Crippen molar-refractivity contribution in [2.75, 3.05) is 0 Å². The summed E-state index contributed by atoms with van der Waals surface area (Å²) in [6, 6.07) is 3.39. The van der Waals surface area contributed by atoms with Gasteiger partial charge in [0.25, 0.3) is 0 Å². The van der Waals surface area contributed by atoms with Gasteiger partial charge in [0.15, 0.2) is 0 Å². The number of phenolic OH excluding ortho intramolecular Hbond substituents is 1. The molecule has 0 aliphatic heterocycles. The first-order chi connectivity index (χ1) is 5.11. The van der Waals surface area contributed by atoms with Crippen LogP contribution in [0.5, 0.6) is 5.75 Å². The quantitative estimate of drug-likeness (QED) is 0.713. The van der Waals surface area contributed by atoms with Gasteiger partial charge in [-0.3, -0.25) is 0 Å². The molecule has 0 fully saturated rings. The van der Waals surface area contributed by atoms with Crippen molar-refractivity contribution in [3.05, 3.63) is 29.6 Å². The minimum absolute atomic E-state index is 0. The first kappa shape index (κ1) is 11.2. The molecule has 0 spiro atoms. The fourth-order valence-electron chi connectivity index (χ4n) is 0.890. The number of aromatic hydroxyl groups is 1. The van der Waals surface area contributed by atoms with E-state index in [1.165, 1.54) is 18.2 Å². The van der Waals surface area contributed by atoms with Gasteiger partial charge >= 0.3 is 0 Å². The van der Waals surface area contributed by atoms with Crippen LogP contribution < -0.4 is 5.73 Å². The third kappa shape index (κ3) is 2.36. The highest BCUT2D eigenvalue weighted by atomic mass is 35.5. The first-order valence-corrected chi connectivity index (χ1v) is 3.35. The molecule has 0 saturated heterocycles. The van der Waals surface area contributed by atoms with Crippen LogP contribution in [0.3, 0.4) is 0 Å². The molecule has 0 aliphatic carbocycles. The number of nitrogens with two attached hydrogens (primary N) is 1. The zero-order valence-electron chi connectivity index (χ0n) is 6.62. The van der Waals surface area contributed by atoms with E-state index in [9.17, 15) is 4.39 Å². The lowest BCUT2D eigenvalue weighted by Gasteiger charge is -2.07. The van der Waals surface area contributed by atoms with Crippen molar-refractivity contribution in [3.63, 3.8) is 0 Å². The number of benzene rings is 1. The normalized spacial score (nSPS) is 11.9. The van der Waals surface area contributed by atoms with E-state index < -0.39 is 0 Å². The van der Waals surface area contributed by atoms with E-state index >= 15 is 0 Å². The van der Waals surface area contributed by atoms with Crippen molar-refractivity contribution in [2.24, 2.45) is 5.73 Å². The highest BCUT2D eigenvalue weighted by Crippen LogP contribution is 2.22. The van der Waals surface area contributed by atoms with Gasteiger partial charge in [-0.1, -0.05) is 0 Å². The second-order valence-electron chi connectivity index (χ2n) is 2.49. The van der Waals surface area contributed by atoms with Crippen molar-refractivity contribution >= 4 is 12.4 Å². The van der Waals surface area contributed by atoms with Crippen LogP contribution in [0.1, 0.15) is 18.5 Å². The third-order valence-corrected chi connectivity index (χ3v) is 1.48. The molecule has 0 aliphatic rings. The lowest BCUT2D eigenvalue weighted by molar-refractivity contribution is 0.461.